The fourth-order valence-electron chi connectivity index (χ4n) is 4.74. The molecule has 1 aliphatic rings. The number of carboxylic acids is 1. The molecule has 1 aliphatic carbocycles. The zero-order valence-corrected chi connectivity index (χ0v) is 21.3. The van der Waals surface area contributed by atoms with Crippen molar-refractivity contribution >= 4 is 25.2 Å². The zero-order chi connectivity index (χ0) is 26.4. The maximum atomic E-state index is 13.4. The lowest BCUT2D eigenvalue weighted by Crippen LogP contribution is -2.49. The highest BCUT2D eigenvalue weighted by molar-refractivity contribution is 7.51. The number of nitrogens with one attached hydrogen (secondary N) is 1. The number of anilines is 1. The molecule has 1 atom stereocenters. The molecule has 0 aliphatic heterocycles. The van der Waals surface area contributed by atoms with Gasteiger partial charge in [0, 0.05) is 18.7 Å². The first-order valence-corrected chi connectivity index (χ1v) is 14.1. The van der Waals surface area contributed by atoms with E-state index in [-0.39, 0.29) is 19.4 Å². The number of fused-ring (bicyclic) bond motifs is 1. The number of hydrogen-bond acceptors (Lipinski definition) is 4. The molecule has 0 saturated carbocycles. The monoisotopic (exact) mass is 522 g/mol. The Balaban J connectivity index is 1.66. The maximum absolute atomic E-state index is 13.4. The minimum absolute atomic E-state index is 0.0778. The van der Waals surface area contributed by atoms with Crippen molar-refractivity contribution in [2.45, 2.75) is 38.1 Å². The molecule has 3 aromatic carbocycles. The van der Waals surface area contributed by atoms with Gasteiger partial charge in [0.2, 0.25) is 5.91 Å². The molecule has 37 heavy (non-hydrogen) atoms. The Morgan fingerprint density at radius 2 is 1.59 bits per heavy atom. The standard InChI is InChI=1S/C28H31N2O6P/c31-27(32)15-16-29-28(33)26(17-20-9-11-23(12-10-20)21-5-2-1-3-6-21)30(19-37(34,35)36)25-14-13-22-7-4-8-24(22)18-25/h1-3,5-6,9-14,18,26H,4,7-8,15-17,19H2,(H,29,33)(H,31,32)(H2,34,35,36)/t26-/m0/s1. The number of benzene rings is 3. The van der Waals surface area contributed by atoms with Crippen LogP contribution in [0.1, 0.15) is 29.5 Å². The van der Waals surface area contributed by atoms with Gasteiger partial charge in [0.1, 0.15) is 12.3 Å². The van der Waals surface area contributed by atoms with Crippen LogP contribution in [0, 0.1) is 0 Å². The third-order valence-corrected chi connectivity index (χ3v) is 7.23. The third kappa shape index (κ3) is 7.29. The highest BCUT2D eigenvalue weighted by Gasteiger charge is 2.32. The van der Waals surface area contributed by atoms with Gasteiger partial charge in [-0.25, -0.2) is 0 Å². The van der Waals surface area contributed by atoms with Gasteiger partial charge in [0.05, 0.1) is 6.42 Å². The predicted octanol–water partition coefficient (Wildman–Crippen LogP) is 3.99. The third-order valence-electron chi connectivity index (χ3n) is 6.56. The molecule has 0 spiro atoms. The molecule has 0 aromatic heterocycles. The van der Waals surface area contributed by atoms with Gasteiger partial charge in [-0.2, -0.15) is 0 Å². The molecule has 8 nitrogen and oxygen atoms in total. The second-order valence-electron chi connectivity index (χ2n) is 9.30. The van der Waals surface area contributed by atoms with Gasteiger partial charge in [0.15, 0.2) is 0 Å². The van der Waals surface area contributed by atoms with Crippen molar-refractivity contribution < 1.29 is 29.0 Å². The van der Waals surface area contributed by atoms with Crippen LogP contribution in [0.2, 0.25) is 0 Å². The lowest BCUT2D eigenvalue weighted by atomic mass is 9.99. The number of amides is 1. The summed E-state index contributed by atoms with van der Waals surface area (Å²) in [6.07, 6.45) is 2.16. The van der Waals surface area contributed by atoms with Gasteiger partial charge in [0.25, 0.3) is 0 Å². The van der Waals surface area contributed by atoms with Gasteiger partial charge in [-0.1, -0.05) is 60.7 Å². The largest absolute Gasteiger partial charge is 0.481 e. The van der Waals surface area contributed by atoms with E-state index < -0.39 is 31.8 Å². The smallest absolute Gasteiger partial charge is 0.344 e. The first-order chi connectivity index (χ1) is 17.7. The zero-order valence-electron chi connectivity index (χ0n) is 20.4. The van der Waals surface area contributed by atoms with E-state index in [1.807, 2.05) is 66.7 Å². The summed E-state index contributed by atoms with van der Waals surface area (Å²) in [5.74, 6) is -1.53. The number of carboxylic acid groups (broad SMARTS) is 1. The number of aliphatic carboxylic acids is 1. The lowest BCUT2D eigenvalue weighted by Gasteiger charge is -2.33. The van der Waals surface area contributed by atoms with Crippen molar-refractivity contribution in [1.29, 1.82) is 0 Å². The summed E-state index contributed by atoms with van der Waals surface area (Å²) in [6.45, 7) is -0.0778. The molecular weight excluding hydrogens is 491 g/mol. The lowest BCUT2D eigenvalue weighted by molar-refractivity contribution is -0.136. The van der Waals surface area contributed by atoms with Crippen molar-refractivity contribution in [3.8, 4) is 11.1 Å². The molecule has 0 saturated heterocycles. The average Bonchev–Trinajstić information content (AvgIpc) is 3.34. The highest BCUT2D eigenvalue weighted by atomic mass is 31.2. The van der Waals surface area contributed by atoms with E-state index in [0.29, 0.717) is 5.69 Å². The van der Waals surface area contributed by atoms with Crippen LogP contribution in [0.3, 0.4) is 0 Å². The van der Waals surface area contributed by atoms with Gasteiger partial charge in [-0.05, 0) is 59.2 Å². The van der Waals surface area contributed by atoms with Crippen molar-refractivity contribution in [2.75, 3.05) is 17.7 Å². The van der Waals surface area contributed by atoms with Gasteiger partial charge >= 0.3 is 13.6 Å². The quantitative estimate of drug-likeness (QED) is 0.281. The van der Waals surface area contributed by atoms with Crippen LogP contribution in [0.4, 0.5) is 5.69 Å². The fourth-order valence-corrected chi connectivity index (χ4v) is 5.49. The Hall–Kier alpha value is -3.45. The Labute approximate surface area is 216 Å². The summed E-state index contributed by atoms with van der Waals surface area (Å²) in [5, 5.41) is 11.6. The van der Waals surface area contributed by atoms with Crippen LogP contribution < -0.4 is 10.2 Å². The minimum Gasteiger partial charge on any atom is -0.481 e. The van der Waals surface area contributed by atoms with Crippen molar-refractivity contribution in [3.05, 3.63) is 89.5 Å². The van der Waals surface area contributed by atoms with Gasteiger partial charge in [-0.15, -0.1) is 0 Å². The molecule has 4 N–H and O–H groups in total. The van der Waals surface area contributed by atoms with Crippen LogP contribution in [-0.2, 0) is 33.4 Å². The molecule has 0 fully saturated rings. The van der Waals surface area contributed by atoms with Gasteiger partial charge < -0.3 is 25.1 Å². The number of aryl methyl sites for hydroxylation is 2. The van der Waals surface area contributed by atoms with Crippen LogP contribution in [0.25, 0.3) is 11.1 Å². The van der Waals surface area contributed by atoms with Gasteiger partial charge in [-0.3, -0.25) is 14.2 Å². The second kappa shape index (κ2) is 11.7. The maximum Gasteiger partial charge on any atom is 0.344 e. The molecule has 0 unspecified atom stereocenters. The molecule has 0 radical (unpaired) electrons. The van der Waals surface area contributed by atoms with E-state index in [9.17, 15) is 23.9 Å². The number of carbonyl (C=O) groups excluding carboxylic acids is 1. The average molecular weight is 523 g/mol. The van der Waals surface area contributed by atoms with E-state index in [2.05, 4.69) is 5.32 Å². The summed E-state index contributed by atoms with van der Waals surface area (Å²) >= 11 is 0. The molecule has 0 heterocycles. The summed E-state index contributed by atoms with van der Waals surface area (Å²) < 4.78 is 12.2. The predicted molar refractivity (Wildman–Crippen MR) is 142 cm³/mol. The summed E-state index contributed by atoms with van der Waals surface area (Å²) in [4.78, 5) is 45.6. The molecular formula is C28H31N2O6P. The number of nitrogens with zero attached hydrogens (tertiary/aromatic N) is 1. The number of carbonyl (C=O) groups is 2. The first-order valence-electron chi connectivity index (χ1n) is 12.3. The number of rotatable bonds is 11. The molecule has 0 bridgehead atoms. The van der Waals surface area contributed by atoms with E-state index in [0.717, 1.165) is 41.5 Å². The highest BCUT2D eigenvalue weighted by Crippen LogP contribution is 2.39. The van der Waals surface area contributed by atoms with Crippen LogP contribution in [0.15, 0.2) is 72.8 Å². The minimum atomic E-state index is -4.54. The van der Waals surface area contributed by atoms with E-state index in [4.69, 9.17) is 5.11 Å². The first kappa shape index (κ1) is 26.6. The topological polar surface area (TPSA) is 127 Å². The summed E-state index contributed by atoms with van der Waals surface area (Å²) in [5.41, 5.74) is 5.76. The molecule has 194 valence electrons. The Kier molecular flexibility index (Phi) is 8.44. The van der Waals surface area contributed by atoms with Crippen molar-refractivity contribution in [1.82, 2.24) is 5.32 Å². The molecule has 9 heteroatoms. The Bertz CT molecular complexity index is 1290. The van der Waals surface area contributed by atoms with E-state index >= 15 is 0 Å². The second-order valence-corrected chi connectivity index (χ2v) is 10.9. The molecule has 1 amide bonds. The van der Waals surface area contributed by atoms with Crippen molar-refractivity contribution in [3.63, 3.8) is 0 Å². The normalized spacial score (nSPS) is 13.6. The molecule has 3 aromatic rings. The van der Waals surface area contributed by atoms with E-state index in [1.165, 1.54) is 10.5 Å². The summed E-state index contributed by atoms with van der Waals surface area (Å²) in [6, 6.07) is 22.3. The van der Waals surface area contributed by atoms with Crippen molar-refractivity contribution in [2.24, 2.45) is 0 Å². The fraction of sp³-hybridized carbons (Fsp3) is 0.286. The summed E-state index contributed by atoms with van der Waals surface area (Å²) in [7, 11) is -4.54. The number of hydrogen-bond donors (Lipinski definition) is 4. The van der Waals surface area contributed by atoms with Crippen LogP contribution in [-0.4, -0.2) is 45.6 Å². The van der Waals surface area contributed by atoms with Crippen LogP contribution in [0.5, 0.6) is 0 Å². The molecule has 4 rings (SSSR count). The Morgan fingerprint density at radius 3 is 2.27 bits per heavy atom. The van der Waals surface area contributed by atoms with Crippen LogP contribution >= 0.6 is 7.60 Å². The SMILES string of the molecule is O=C(O)CCNC(=O)[C@H](Cc1ccc(-c2ccccc2)cc1)N(CP(=O)(O)O)c1ccc2c(c1)CCC2. The Morgan fingerprint density at radius 1 is 0.919 bits per heavy atom. The van der Waals surface area contributed by atoms with E-state index in [1.54, 1.807) is 6.07 Å².